The van der Waals surface area contributed by atoms with Gasteiger partial charge in [-0.05, 0) is 57.8 Å². The highest BCUT2D eigenvalue weighted by molar-refractivity contribution is 5.80. The minimum atomic E-state index is -1.61. The Hall–Kier alpha value is -2.12. The molecular weight excluding hydrogens is 931 g/mol. The van der Waals surface area contributed by atoms with Gasteiger partial charge < -0.3 is 45.1 Å². The first kappa shape index (κ1) is 69.9. The zero-order chi connectivity index (χ0) is 54.0. The third-order valence-electron chi connectivity index (χ3n) is 14.8. The predicted molar refractivity (Wildman–Crippen MR) is 306 cm³/mol. The van der Waals surface area contributed by atoms with E-state index in [0.29, 0.717) is 19.3 Å². The van der Waals surface area contributed by atoms with Crippen LogP contribution in [0.3, 0.4) is 0 Å². The molecule has 0 saturated carbocycles. The second-order valence-electron chi connectivity index (χ2n) is 21.8. The van der Waals surface area contributed by atoms with Gasteiger partial charge in [-0.25, -0.2) is 0 Å². The summed E-state index contributed by atoms with van der Waals surface area (Å²) in [5.41, 5.74) is 0. The molecule has 8 atom stereocenters. The number of allylic oxidation sites excluding steroid dienone is 5. The third kappa shape index (κ3) is 39.3. The molecule has 1 fully saturated rings. The van der Waals surface area contributed by atoms with E-state index in [0.717, 1.165) is 70.6 Å². The second-order valence-corrected chi connectivity index (χ2v) is 21.8. The summed E-state index contributed by atoms with van der Waals surface area (Å²) < 4.78 is 17.6. The number of aliphatic hydroxyl groups excluding tert-OH is 5. The standard InChI is InChI=1S/C63H117NO10/c1-4-7-10-13-16-19-22-25-27-28-29-30-31-33-36-39-42-45-48-51-58(68)74-61-60(70)59(69)57(52-65)73-63(61)72-53-54(55(66)49-46-43-40-37-34-24-21-18-15-12-9-6-3)64-62(71)56(67)50-47-44-41-38-35-32-26-23-20-17-14-11-8-5-2/h16,19,25,27,46,49,54-57,59-61,63,65-67,69-70H,4-15,17-18,20-24,26,28-45,47-48,50-53H2,1-3H3,(H,64,71)/b19-16-,27-25-,49-46+. The zero-order valence-electron chi connectivity index (χ0n) is 48.0. The van der Waals surface area contributed by atoms with Crippen molar-refractivity contribution < 1.29 is 49.3 Å². The van der Waals surface area contributed by atoms with Gasteiger partial charge in [0.25, 0.3) is 0 Å². The minimum Gasteiger partial charge on any atom is -0.454 e. The van der Waals surface area contributed by atoms with Crippen LogP contribution in [0.15, 0.2) is 36.5 Å². The number of unbranched alkanes of at least 4 members (excludes halogenated alkanes) is 35. The summed E-state index contributed by atoms with van der Waals surface area (Å²) in [6.45, 7) is 5.78. The third-order valence-corrected chi connectivity index (χ3v) is 14.8. The summed E-state index contributed by atoms with van der Waals surface area (Å²) >= 11 is 0. The van der Waals surface area contributed by atoms with Crippen molar-refractivity contribution in [3.8, 4) is 0 Å². The highest BCUT2D eigenvalue weighted by atomic mass is 16.7. The first-order valence-electron chi connectivity index (χ1n) is 31.3. The van der Waals surface area contributed by atoms with Gasteiger partial charge in [0.05, 0.1) is 25.4 Å². The Bertz CT molecular complexity index is 1340. The first-order chi connectivity index (χ1) is 36.2. The van der Waals surface area contributed by atoms with E-state index in [-0.39, 0.29) is 13.0 Å². The molecule has 1 amide bonds. The number of aliphatic hydroxyl groups is 5. The van der Waals surface area contributed by atoms with Gasteiger partial charge in [-0.1, -0.05) is 263 Å². The Kier molecular flexibility index (Phi) is 48.8. The Labute approximate surface area is 453 Å². The van der Waals surface area contributed by atoms with Crippen molar-refractivity contribution in [1.82, 2.24) is 5.32 Å². The van der Waals surface area contributed by atoms with Crippen LogP contribution in [0.2, 0.25) is 0 Å². The lowest BCUT2D eigenvalue weighted by Crippen LogP contribution is -2.61. The summed E-state index contributed by atoms with van der Waals surface area (Å²) in [7, 11) is 0. The van der Waals surface area contributed by atoms with Crippen molar-refractivity contribution >= 4 is 11.9 Å². The van der Waals surface area contributed by atoms with Crippen LogP contribution in [0.5, 0.6) is 0 Å². The Morgan fingerprint density at radius 1 is 0.527 bits per heavy atom. The molecule has 1 aliphatic rings. The van der Waals surface area contributed by atoms with Crippen LogP contribution in [-0.2, 0) is 23.8 Å². The van der Waals surface area contributed by atoms with Crippen molar-refractivity contribution in [3.05, 3.63) is 36.5 Å². The van der Waals surface area contributed by atoms with Crippen molar-refractivity contribution in [2.75, 3.05) is 13.2 Å². The van der Waals surface area contributed by atoms with Crippen LogP contribution in [-0.4, -0.2) is 99.6 Å². The van der Waals surface area contributed by atoms with Gasteiger partial charge in [0.15, 0.2) is 12.4 Å². The number of hydrogen-bond acceptors (Lipinski definition) is 10. The van der Waals surface area contributed by atoms with Gasteiger partial charge in [-0.15, -0.1) is 0 Å². The lowest BCUT2D eigenvalue weighted by molar-refractivity contribution is -0.305. The van der Waals surface area contributed by atoms with E-state index in [9.17, 15) is 35.1 Å². The number of ether oxygens (including phenoxy) is 3. The van der Waals surface area contributed by atoms with Crippen LogP contribution >= 0.6 is 0 Å². The number of carbonyl (C=O) groups is 2. The van der Waals surface area contributed by atoms with Crippen LogP contribution in [0, 0.1) is 0 Å². The topological polar surface area (TPSA) is 175 Å². The zero-order valence-corrected chi connectivity index (χ0v) is 48.0. The van der Waals surface area contributed by atoms with Crippen molar-refractivity contribution in [2.45, 2.75) is 339 Å². The maximum Gasteiger partial charge on any atom is 0.306 e. The molecule has 0 bridgehead atoms. The fourth-order valence-electron chi connectivity index (χ4n) is 9.80. The molecular formula is C63H117NO10. The highest BCUT2D eigenvalue weighted by Crippen LogP contribution is 2.26. The lowest BCUT2D eigenvalue weighted by atomic mass is 9.99. The lowest BCUT2D eigenvalue weighted by Gasteiger charge is -2.41. The number of esters is 1. The molecule has 0 spiro atoms. The van der Waals surface area contributed by atoms with E-state index in [1.807, 2.05) is 6.08 Å². The quantitative estimate of drug-likeness (QED) is 0.0195. The Morgan fingerprint density at radius 3 is 1.41 bits per heavy atom. The van der Waals surface area contributed by atoms with Crippen molar-refractivity contribution in [2.24, 2.45) is 0 Å². The summed E-state index contributed by atoms with van der Waals surface area (Å²) in [5, 5.41) is 57.0. The van der Waals surface area contributed by atoms with Gasteiger partial charge in [0.1, 0.15) is 24.4 Å². The molecule has 8 unspecified atom stereocenters. The van der Waals surface area contributed by atoms with Crippen LogP contribution in [0.1, 0.15) is 290 Å². The molecule has 1 heterocycles. The maximum absolute atomic E-state index is 13.4. The SMILES string of the molecule is CCCCC/C=C\C/C=C\CCCCCCCCCCCC(=O)OC1C(OCC(NC(=O)C(O)CCCCCCCCCCCCCCCC)C(O)/C=C/CCCCCCCCCCCC)OC(CO)C(O)C1O. The van der Waals surface area contributed by atoms with E-state index in [2.05, 4.69) is 50.4 Å². The largest absolute Gasteiger partial charge is 0.454 e. The molecule has 6 N–H and O–H groups in total. The number of nitrogens with one attached hydrogen (secondary N) is 1. The molecule has 434 valence electrons. The number of hydrogen-bond donors (Lipinski definition) is 6. The molecule has 11 nitrogen and oxygen atoms in total. The van der Waals surface area contributed by atoms with Gasteiger partial charge in [0, 0.05) is 6.42 Å². The number of carbonyl (C=O) groups excluding carboxylic acids is 2. The van der Waals surface area contributed by atoms with Gasteiger partial charge in [0.2, 0.25) is 5.91 Å². The smallest absolute Gasteiger partial charge is 0.306 e. The van der Waals surface area contributed by atoms with Crippen LogP contribution < -0.4 is 5.32 Å². The van der Waals surface area contributed by atoms with Crippen molar-refractivity contribution in [3.63, 3.8) is 0 Å². The molecule has 74 heavy (non-hydrogen) atoms. The maximum atomic E-state index is 13.4. The Balaban J connectivity index is 2.66. The molecule has 0 aliphatic carbocycles. The van der Waals surface area contributed by atoms with Crippen molar-refractivity contribution in [1.29, 1.82) is 0 Å². The van der Waals surface area contributed by atoms with E-state index < -0.39 is 67.4 Å². The first-order valence-corrected chi connectivity index (χ1v) is 31.3. The van der Waals surface area contributed by atoms with E-state index >= 15 is 0 Å². The summed E-state index contributed by atoms with van der Waals surface area (Å²) in [6.07, 6.45) is 50.3. The molecule has 1 aliphatic heterocycles. The minimum absolute atomic E-state index is 0.121. The molecule has 0 aromatic rings. The fraction of sp³-hybridized carbons (Fsp3) is 0.873. The van der Waals surface area contributed by atoms with Crippen LogP contribution in [0.25, 0.3) is 0 Å². The highest BCUT2D eigenvalue weighted by Gasteiger charge is 2.47. The fourth-order valence-corrected chi connectivity index (χ4v) is 9.80. The average Bonchev–Trinajstić information content (AvgIpc) is 3.40. The van der Waals surface area contributed by atoms with E-state index in [4.69, 9.17) is 14.2 Å². The number of amides is 1. The summed E-state index contributed by atoms with van der Waals surface area (Å²) in [5.74, 6) is -1.19. The van der Waals surface area contributed by atoms with Gasteiger partial charge >= 0.3 is 5.97 Å². The molecule has 1 rings (SSSR count). The summed E-state index contributed by atoms with van der Waals surface area (Å²) in [6, 6.07) is -1.02. The molecule has 0 aromatic heterocycles. The predicted octanol–water partition coefficient (Wildman–Crippen LogP) is 14.7. The molecule has 0 radical (unpaired) electrons. The Morgan fingerprint density at radius 2 is 0.932 bits per heavy atom. The van der Waals surface area contributed by atoms with Gasteiger partial charge in [-0.3, -0.25) is 9.59 Å². The van der Waals surface area contributed by atoms with Crippen LogP contribution in [0.4, 0.5) is 0 Å². The van der Waals surface area contributed by atoms with E-state index in [1.165, 1.54) is 173 Å². The second kappa shape index (κ2) is 51.6. The molecule has 1 saturated heterocycles. The molecule has 11 heteroatoms. The monoisotopic (exact) mass is 1050 g/mol. The van der Waals surface area contributed by atoms with E-state index in [1.54, 1.807) is 6.08 Å². The summed E-state index contributed by atoms with van der Waals surface area (Å²) in [4.78, 5) is 26.5. The normalized spacial score (nSPS) is 19.5. The number of rotatable bonds is 53. The van der Waals surface area contributed by atoms with Gasteiger partial charge in [-0.2, -0.15) is 0 Å². The average molecular weight is 1050 g/mol. The molecule has 0 aromatic carbocycles.